The van der Waals surface area contributed by atoms with E-state index in [-0.39, 0.29) is 24.1 Å². The molecule has 0 saturated carbocycles. The number of carbonyl (C=O) groups is 2. The van der Waals surface area contributed by atoms with Crippen LogP contribution in [0.2, 0.25) is 5.28 Å². The second kappa shape index (κ2) is 12.8. The number of hydrogen-bond donors (Lipinski definition) is 1. The molecule has 1 N–H and O–H groups in total. The van der Waals surface area contributed by atoms with Crippen molar-refractivity contribution in [3.05, 3.63) is 46.8 Å². The number of halogens is 2. The van der Waals surface area contributed by atoms with Gasteiger partial charge < -0.3 is 19.2 Å². The molecule has 3 heterocycles. The molecule has 41 heavy (non-hydrogen) atoms. The van der Waals surface area contributed by atoms with E-state index >= 15 is 0 Å². The fraction of sp³-hybridized carbons (Fsp3) is 0.517. The van der Waals surface area contributed by atoms with Gasteiger partial charge in [-0.2, -0.15) is 4.98 Å². The summed E-state index contributed by atoms with van der Waals surface area (Å²) >= 11 is 6.36. The van der Waals surface area contributed by atoms with Gasteiger partial charge in [0.15, 0.2) is 5.82 Å². The average molecular weight is 590 g/mol. The molecule has 0 bridgehead atoms. The third-order valence-electron chi connectivity index (χ3n) is 5.51. The summed E-state index contributed by atoms with van der Waals surface area (Å²) in [5, 5.41) is 6.82. The van der Waals surface area contributed by atoms with E-state index in [0.717, 1.165) is 0 Å². The number of rotatable bonds is 7. The summed E-state index contributed by atoms with van der Waals surface area (Å²) in [6.45, 7) is 13.7. The Bertz CT molecular complexity index is 1430. The van der Waals surface area contributed by atoms with Crippen LogP contribution in [0.1, 0.15) is 78.8 Å². The van der Waals surface area contributed by atoms with Crippen molar-refractivity contribution in [1.29, 1.82) is 0 Å². The Morgan fingerprint density at radius 2 is 1.90 bits per heavy atom. The van der Waals surface area contributed by atoms with E-state index in [1.54, 1.807) is 59.7 Å². The first-order chi connectivity index (χ1) is 19.1. The molecule has 3 aromatic heterocycles. The van der Waals surface area contributed by atoms with Crippen LogP contribution in [-0.2, 0) is 22.4 Å². The van der Waals surface area contributed by atoms with Crippen LogP contribution in [0.25, 0.3) is 5.52 Å². The molecule has 2 atom stereocenters. The number of anilines is 1. The van der Waals surface area contributed by atoms with Crippen molar-refractivity contribution in [2.75, 3.05) is 4.90 Å². The lowest BCUT2D eigenvalue weighted by molar-refractivity contribution is 0.0476. The Morgan fingerprint density at radius 3 is 2.46 bits per heavy atom. The minimum absolute atomic E-state index is 0.00820. The summed E-state index contributed by atoms with van der Waals surface area (Å²) in [6.07, 6.45) is -0.764. The van der Waals surface area contributed by atoms with E-state index in [0.29, 0.717) is 29.0 Å². The van der Waals surface area contributed by atoms with Crippen LogP contribution in [0.4, 0.5) is 19.8 Å². The van der Waals surface area contributed by atoms with Gasteiger partial charge in [0.05, 0.1) is 18.8 Å². The van der Waals surface area contributed by atoms with Gasteiger partial charge in [0.1, 0.15) is 34.3 Å². The predicted molar refractivity (Wildman–Crippen MR) is 154 cm³/mol. The lowest BCUT2D eigenvalue weighted by Crippen LogP contribution is -2.44. The number of hydrogen-bond acceptors (Lipinski definition) is 7. The third-order valence-corrected chi connectivity index (χ3v) is 5.67. The second-order valence-corrected chi connectivity index (χ2v) is 11.8. The molecule has 10 nitrogen and oxygen atoms in total. The molecule has 0 aromatic carbocycles. The van der Waals surface area contributed by atoms with Crippen LogP contribution < -0.4 is 10.2 Å². The number of alkyl carbamates (subject to hydrolysis) is 1. The number of nitrogens with one attached hydrogen (secondary N) is 1. The minimum Gasteiger partial charge on any atom is -0.467 e. The number of nitrogens with zero attached hydrogens (tertiary/aromatic N) is 4. The van der Waals surface area contributed by atoms with Gasteiger partial charge >= 0.3 is 12.2 Å². The van der Waals surface area contributed by atoms with E-state index in [1.807, 2.05) is 6.92 Å². The summed E-state index contributed by atoms with van der Waals surface area (Å²) in [5.41, 5.74) is -0.182. The Morgan fingerprint density at radius 1 is 1.22 bits per heavy atom. The van der Waals surface area contributed by atoms with Crippen molar-refractivity contribution in [3.8, 4) is 11.8 Å². The highest BCUT2D eigenvalue weighted by atomic mass is 35.5. The quantitative estimate of drug-likeness (QED) is 0.314. The highest BCUT2D eigenvalue weighted by Gasteiger charge is 2.30. The highest BCUT2D eigenvalue weighted by Crippen LogP contribution is 2.29. The van der Waals surface area contributed by atoms with Crippen molar-refractivity contribution in [3.63, 3.8) is 0 Å². The van der Waals surface area contributed by atoms with Crippen molar-refractivity contribution in [1.82, 2.24) is 19.9 Å². The summed E-state index contributed by atoms with van der Waals surface area (Å²) in [5.74, 6) is 6.71. The summed E-state index contributed by atoms with van der Waals surface area (Å²) in [7, 11) is 0. The van der Waals surface area contributed by atoms with Crippen molar-refractivity contribution < 1.29 is 27.9 Å². The first-order valence-corrected chi connectivity index (χ1v) is 13.7. The molecular formula is C29H37ClFN5O5. The fourth-order valence-electron chi connectivity index (χ4n) is 3.85. The normalized spacial score (nSPS) is 13.2. The zero-order valence-electron chi connectivity index (χ0n) is 24.7. The minimum atomic E-state index is -1.43. The molecule has 0 radical (unpaired) electrons. The van der Waals surface area contributed by atoms with E-state index < -0.39 is 35.6 Å². The fourth-order valence-corrected chi connectivity index (χ4v) is 4.00. The first kappa shape index (κ1) is 31.7. The predicted octanol–water partition coefficient (Wildman–Crippen LogP) is 6.47. The zero-order valence-corrected chi connectivity index (χ0v) is 25.4. The van der Waals surface area contributed by atoms with Crippen LogP contribution in [-0.4, -0.2) is 50.2 Å². The van der Waals surface area contributed by atoms with Gasteiger partial charge in [-0.3, -0.25) is 4.90 Å². The first-order valence-electron chi connectivity index (χ1n) is 13.3. The second-order valence-electron chi connectivity index (χ2n) is 11.5. The number of aromatic nitrogens is 3. The van der Waals surface area contributed by atoms with Crippen molar-refractivity contribution in [2.24, 2.45) is 0 Å². The number of alkyl halides is 1. The lowest BCUT2D eigenvalue weighted by atomic mass is 10.0. The Kier molecular flexibility index (Phi) is 9.92. The summed E-state index contributed by atoms with van der Waals surface area (Å²) < 4.78 is 32.8. The Hall–Kier alpha value is -3.78. The largest absolute Gasteiger partial charge is 0.467 e. The maximum Gasteiger partial charge on any atom is 0.416 e. The van der Waals surface area contributed by atoms with Crippen LogP contribution in [0.15, 0.2) is 28.9 Å². The Labute approximate surface area is 244 Å². The zero-order chi connectivity index (χ0) is 30.5. The van der Waals surface area contributed by atoms with Gasteiger partial charge in [0, 0.05) is 6.42 Å². The average Bonchev–Trinajstić information content (AvgIpc) is 3.45. The summed E-state index contributed by atoms with van der Waals surface area (Å²) in [6, 6.07) is 4.18. The van der Waals surface area contributed by atoms with Crippen LogP contribution >= 0.6 is 11.6 Å². The molecule has 12 heteroatoms. The van der Waals surface area contributed by atoms with Gasteiger partial charge in [0.25, 0.3) is 0 Å². The van der Waals surface area contributed by atoms with Gasteiger partial charge in [-0.05, 0) is 96.2 Å². The molecule has 0 aliphatic heterocycles. The topological polar surface area (TPSA) is 111 Å². The molecule has 0 unspecified atom stereocenters. The number of ether oxygens (including phenoxy) is 2. The van der Waals surface area contributed by atoms with Crippen LogP contribution in [0.3, 0.4) is 0 Å². The lowest BCUT2D eigenvalue weighted by Gasteiger charge is -2.26. The van der Waals surface area contributed by atoms with Gasteiger partial charge in [-0.15, -0.1) is 5.10 Å². The van der Waals surface area contributed by atoms with E-state index in [4.69, 9.17) is 25.5 Å². The molecular weight excluding hydrogens is 553 g/mol. The molecule has 0 aliphatic rings. The van der Waals surface area contributed by atoms with E-state index in [1.165, 1.54) is 22.6 Å². The summed E-state index contributed by atoms with van der Waals surface area (Å²) in [4.78, 5) is 31.6. The SMILES string of the molecule is CCC#Cc1c(C[C@@H](NC(=O)OC(C)(C)C)[C@H](C)F)cc2c(N(Cc3ccco3)C(=O)OC(C)(C)C)nc(Cl)nn12. The molecule has 0 spiro atoms. The molecule has 2 amide bonds. The number of fused-ring (bicyclic) bond motifs is 1. The Balaban J connectivity index is 2.15. The molecule has 3 aromatic rings. The van der Waals surface area contributed by atoms with Gasteiger partial charge in [-0.1, -0.05) is 12.8 Å². The maximum atomic E-state index is 14.8. The molecule has 3 rings (SSSR count). The van der Waals surface area contributed by atoms with Gasteiger partial charge in [0.2, 0.25) is 5.28 Å². The number of furan rings is 1. The van der Waals surface area contributed by atoms with E-state index in [9.17, 15) is 14.0 Å². The maximum absolute atomic E-state index is 14.8. The van der Waals surface area contributed by atoms with Gasteiger partial charge in [-0.25, -0.2) is 18.5 Å². The standard InChI is InChI=1S/C29H37ClFN5O5/c1-9-10-13-22-19(15-21(18(2)31)32-26(37)40-28(3,4)5)16-23-24(33-25(30)34-36(22)23)35(17-20-12-11-14-39-20)27(38)41-29(6,7)8/h11-12,14,16,18,21H,9,15,17H2,1-8H3,(H,32,37)/t18-,21+/m0/s1. The third kappa shape index (κ3) is 8.85. The monoisotopic (exact) mass is 589 g/mol. The van der Waals surface area contributed by atoms with Crippen molar-refractivity contribution >= 4 is 35.1 Å². The van der Waals surface area contributed by atoms with E-state index in [2.05, 4.69) is 27.2 Å². The number of carbonyl (C=O) groups excluding carboxylic acids is 2. The smallest absolute Gasteiger partial charge is 0.416 e. The highest BCUT2D eigenvalue weighted by molar-refractivity contribution is 6.28. The van der Waals surface area contributed by atoms with Crippen LogP contribution in [0.5, 0.6) is 0 Å². The molecule has 0 aliphatic carbocycles. The number of amides is 2. The molecule has 222 valence electrons. The van der Waals surface area contributed by atoms with Crippen LogP contribution in [0, 0.1) is 11.8 Å². The molecule has 0 saturated heterocycles. The molecule has 0 fully saturated rings. The van der Waals surface area contributed by atoms with Crippen molar-refractivity contribution in [2.45, 2.75) is 98.2 Å².